The van der Waals surface area contributed by atoms with E-state index in [4.69, 9.17) is 16.3 Å². The number of rotatable bonds is 7. The summed E-state index contributed by atoms with van der Waals surface area (Å²) in [6.07, 6.45) is -4.81. The first-order valence-electron chi connectivity index (χ1n) is 9.69. The number of benzene rings is 1. The van der Waals surface area contributed by atoms with Gasteiger partial charge in [0.05, 0.1) is 7.11 Å². The second-order valence-electron chi connectivity index (χ2n) is 7.07. The van der Waals surface area contributed by atoms with E-state index in [1.165, 1.54) is 0 Å². The van der Waals surface area contributed by atoms with Gasteiger partial charge in [0.15, 0.2) is 0 Å². The van der Waals surface area contributed by atoms with Crippen molar-refractivity contribution in [2.24, 2.45) is 0 Å². The van der Waals surface area contributed by atoms with Crippen LogP contribution in [0.2, 0.25) is 5.02 Å². The molecule has 174 valence electrons. The second kappa shape index (κ2) is 10.5. The Bertz CT molecular complexity index is 964. The Labute approximate surface area is 191 Å². The van der Waals surface area contributed by atoms with Crippen molar-refractivity contribution in [3.05, 3.63) is 33.8 Å². The van der Waals surface area contributed by atoms with Gasteiger partial charge in [-0.3, -0.25) is 14.5 Å². The average molecular weight is 492 g/mol. The van der Waals surface area contributed by atoms with Gasteiger partial charge in [-0.15, -0.1) is 10.2 Å². The number of piperazine rings is 1. The molecule has 1 aliphatic rings. The predicted octanol–water partition coefficient (Wildman–Crippen LogP) is 3.28. The molecule has 0 aliphatic carbocycles. The van der Waals surface area contributed by atoms with E-state index in [-0.39, 0.29) is 35.2 Å². The lowest BCUT2D eigenvalue weighted by atomic mass is 10.1. The van der Waals surface area contributed by atoms with Crippen molar-refractivity contribution in [2.45, 2.75) is 25.6 Å². The van der Waals surface area contributed by atoms with Gasteiger partial charge in [-0.25, -0.2) is 0 Å². The molecule has 0 unspecified atom stereocenters. The van der Waals surface area contributed by atoms with E-state index >= 15 is 0 Å². The van der Waals surface area contributed by atoms with Crippen LogP contribution in [0, 0.1) is 0 Å². The third kappa shape index (κ3) is 6.53. The summed E-state index contributed by atoms with van der Waals surface area (Å²) in [5.41, 5.74) is 0.960. The SMILES string of the molecule is COc1ccc(Cl)cc1CN1CCN(C(=O)CCC(=O)Nc2nnc(C(F)(F)F)s2)CC1. The highest BCUT2D eigenvalue weighted by Gasteiger charge is 2.35. The quantitative estimate of drug-likeness (QED) is 0.639. The zero-order valence-corrected chi connectivity index (χ0v) is 18.7. The fraction of sp³-hybridized carbons (Fsp3) is 0.474. The van der Waals surface area contributed by atoms with Crippen LogP contribution >= 0.6 is 22.9 Å². The van der Waals surface area contributed by atoms with Gasteiger partial charge in [-0.05, 0) is 18.2 Å². The van der Waals surface area contributed by atoms with Crippen molar-refractivity contribution in [3.8, 4) is 5.75 Å². The maximum atomic E-state index is 12.5. The van der Waals surface area contributed by atoms with Gasteiger partial charge in [0, 0.05) is 56.2 Å². The predicted molar refractivity (Wildman–Crippen MR) is 113 cm³/mol. The number of carbonyl (C=O) groups excluding carboxylic acids is 2. The maximum absolute atomic E-state index is 12.5. The topological polar surface area (TPSA) is 87.7 Å². The Balaban J connectivity index is 1.42. The molecule has 32 heavy (non-hydrogen) atoms. The van der Waals surface area contributed by atoms with Crippen molar-refractivity contribution in [1.82, 2.24) is 20.0 Å². The Morgan fingerprint density at radius 2 is 1.91 bits per heavy atom. The van der Waals surface area contributed by atoms with Crippen LogP contribution in [0.15, 0.2) is 18.2 Å². The van der Waals surface area contributed by atoms with Crippen LogP contribution in [-0.2, 0) is 22.3 Å². The number of halogens is 4. The van der Waals surface area contributed by atoms with Gasteiger partial charge in [0.1, 0.15) is 5.75 Å². The lowest BCUT2D eigenvalue weighted by Gasteiger charge is -2.35. The third-order valence-electron chi connectivity index (χ3n) is 4.84. The monoisotopic (exact) mass is 491 g/mol. The number of anilines is 1. The highest BCUT2D eigenvalue weighted by atomic mass is 35.5. The van der Waals surface area contributed by atoms with E-state index in [9.17, 15) is 22.8 Å². The Morgan fingerprint density at radius 3 is 2.53 bits per heavy atom. The summed E-state index contributed by atoms with van der Waals surface area (Å²) in [5, 5.41) is 7.77. The minimum atomic E-state index is -4.61. The lowest BCUT2D eigenvalue weighted by molar-refractivity contribution is -0.138. The molecule has 2 amide bonds. The standard InChI is InChI=1S/C19H21ClF3N5O3S/c1-31-14-3-2-13(20)10-12(14)11-27-6-8-28(9-7-27)16(30)5-4-15(29)24-18-26-25-17(32-18)19(21,22)23/h2-3,10H,4-9,11H2,1H3,(H,24,26,29). The first-order chi connectivity index (χ1) is 15.2. The van der Waals surface area contributed by atoms with Gasteiger partial charge in [-0.1, -0.05) is 22.9 Å². The highest BCUT2D eigenvalue weighted by Crippen LogP contribution is 2.33. The maximum Gasteiger partial charge on any atom is 0.445 e. The number of alkyl halides is 3. The van der Waals surface area contributed by atoms with E-state index < -0.39 is 17.1 Å². The average Bonchev–Trinajstić information content (AvgIpc) is 3.22. The first-order valence-corrected chi connectivity index (χ1v) is 10.9. The first kappa shape index (κ1) is 24.2. The summed E-state index contributed by atoms with van der Waals surface area (Å²) in [6.45, 7) is 2.95. The fourth-order valence-electron chi connectivity index (χ4n) is 3.22. The van der Waals surface area contributed by atoms with Crippen molar-refractivity contribution in [1.29, 1.82) is 0 Å². The molecule has 0 spiro atoms. The summed E-state index contributed by atoms with van der Waals surface area (Å²) >= 11 is 6.31. The molecule has 1 aromatic carbocycles. The summed E-state index contributed by atoms with van der Waals surface area (Å²) in [6, 6.07) is 5.43. The largest absolute Gasteiger partial charge is 0.496 e. The number of hydrogen-bond acceptors (Lipinski definition) is 7. The summed E-state index contributed by atoms with van der Waals surface area (Å²) in [7, 11) is 1.60. The van der Waals surface area contributed by atoms with Crippen molar-refractivity contribution in [2.75, 3.05) is 38.6 Å². The van der Waals surface area contributed by atoms with Crippen molar-refractivity contribution >= 4 is 39.9 Å². The number of methoxy groups -OCH3 is 1. The van der Waals surface area contributed by atoms with Crippen LogP contribution in [0.3, 0.4) is 0 Å². The molecule has 8 nitrogen and oxygen atoms in total. The molecule has 0 atom stereocenters. The molecule has 0 radical (unpaired) electrons. The van der Waals surface area contributed by atoms with Gasteiger partial charge in [0.2, 0.25) is 22.0 Å². The van der Waals surface area contributed by atoms with Gasteiger partial charge < -0.3 is 15.0 Å². The number of amides is 2. The molecular formula is C19H21ClF3N5O3S. The smallest absolute Gasteiger partial charge is 0.445 e. The summed E-state index contributed by atoms with van der Waals surface area (Å²) in [5.74, 6) is -0.0278. The molecule has 1 fully saturated rings. The summed E-state index contributed by atoms with van der Waals surface area (Å²) in [4.78, 5) is 28.2. The number of ether oxygens (including phenoxy) is 1. The van der Waals surface area contributed by atoms with Crippen molar-refractivity contribution < 1.29 is 27.5 Å². The molecule has 2 aromatic rings. The zero-order chi connectivity index (χ0) is 23.3. The molecule has 1 saturated heterocycles. The minimum absolute atomic E-state index is 0.0428. The highest BCUT2D eigenvalue weighted by molar-refractivity contribution is 7.15. The van der Waals surface area contributed by atoms with Crippen LogP contribution in [0.4, 0.5) is 18.3 Å². The van der Waals surface area contributed by atoms with E-state index in [2.05, 4.69) is 20.4 Å². The summed E-state index contributed by atoms with van der Waals surface area (Å²) < 4.78 is 43.0. The molecule has 1 aliphatic heterocycles. The molecule has 0 bridgehead atoms. The number of hydrogen-bond donors (Lipinski definition) is 1. The van der Waals surface area contributed by atoms with Gasteiger partial charge >= 0.3 is 6.18 Å². The number of nitrogens with one attached hydrogen (secondary N) is 1. The molecule has 13 heteroatoms. The minimum Gasteiger partial charge on any atom is -0.496 e. The second-order valence-corrected chi connectivity index (χ2v) is 8.49. The Kier molecular flexibility index (Phi) is 7.91. The molecular weight excluding hydrogens is 471 g/mol. The van der Waals surface area contributed by atoms with E-state index in [1.807, 2.05) is 12.1 Å². The molecule has 3 rings (SSSR count). The number of nitrogens with zero attached hydrogens (tertiary/aromatic N) is 4. The Hall–Kier alpha value is -2.44. The Morgan fingerprint density at radius 1 is 1.19 bits per heavy atom. The molecule has 1 aromatic heterocycles. The molecule has 0 saturated carbocycles. The van der Waals surface area contributed by atoms with Crippen LogP contribution in [-0.4, -0.2) is 65.1 Å². The van der Waals surface area contributed by atoms with Crippen molar-refractivity contribution in [3.63, 3.8) is 0 Å². The normalized spacial score (nSPS) is 15.0. The lowest BCUT2D eigenvalue weighted by Crippen LogP contribution is -2.48. The van der Waals surface area contributed by atoms with Gasteiger partial charge in [-0.2, -0.15) is 13.2 Å². The van der Waals surface area contributed by atoms with Gasteiger partial charge in [0.25, 0.3) is 0 Å². The molecule has 1 N–H and O–H groups in total. The van der Waals surface area contributed by atoms with E-state index in [0.717, 1.165) is 11.3 Å². The fourth-order valence-corrected chi connectivity index (χ4v) is 4.04. The van der Waals surface area contributed by atoms with Crippen LogP contribution in [0.1, 0.15) is 23.4 Å². The third-order valence-corrected chi connectivity index (χ3v) is 5.96. The molecule has 2 heterocycles. The number of carbonyl (C=O) groups is 2. The van der Waals surface area contributed by atoms with Crippen LogP contribution in [0.5, 0.6) is 5.75 Å². The zero-order valence-electron chi connectivity index (χ0n) is 17.1. The van der Waals surface area contributed by atoms with Crippen LogP contribution in [0.25, 0.3) is 0 Å². The van der Waals surface area contributed by atoms with E-state index in [0.29, 0.717) is 37.7 Å². The van der Waals surface area contributed by atoms with Crippen LogP contribution < -0.4 is 10.1 Å². The number of aromatic nitrogens is 2. The van der Waals surface area contributed by atoms with E-state index in [1.54, 1.807) is 18.1 Å².